The number of ether oxygens (including phenoxy) is 1. The monoisotopic (exact) mass is 444 g/mol. The Labute approximate surface area is 182 Å². The highest BCUT2D eigenvalue weighted by Crippen LogP contribution is 2.38. The molecule has 0 spiro atoms. The zero-order valence-electron chi connectivity index (χ0n) is 17.7. The minimum atomic E-state index is -4.02. The van der Waals surface area contributed by atoms with Gasteiger partial charge in [-0.1, -0.05) is 6.07 Å². The summed E-state index contributed by atoms with van der Waals surface area (Å²) in [4.78, 5) is 12.9. The molecule has 2 heterocycles. The molecular formula is C22H28N4O4S. The van der Waals surface area contributed by atoms with Gasteiger partial charge in [0.15, 0.2) is 0 Å². The van der Waals surface area contributed by atoms with Crippen molar-refractivity contribution in [2.45, 2.75) is 75.8 Å². The van der Waals surface area contributed by atoms with E-state index in [2.05, 4.69) is 21.2 Å². The molecule has 2 aromatic rings. The molecule has 166 valence electrons. The van der Waals surface area contributed by atoms with Gasteiger partial charge in [-0.2, -0.15) is 5.10 Å². The number of aryl methyl sites for hydroxylation is 2. The van der Waals surface area contributed by atoms with Crippen molar-refractivity contribution < 1.29 is 17.9 Å². The molecule has 0 saturated carbocycles. The van der Waals surface area contributed by atoms with E-state index in [0.717, 1.165) is 61.8 Å². The Bertz CT molecular complexity index is 1110. The van der Waals surface area contributed by atoms with Crippen LogP contribution >= 0.6 is 0 Å². The maximum atomic E-state index is 13.0. The normalized spacial score (nSPS) is 19.6. The number of carbonyl (C=O) groups is 1. The summed E-state index contributed by atoms with van der Waals surface area (Å²) in [6.45, 7) is 3.07. The van der Waals surface area contributed by atoms with Gasteiger partial charge in [0.05, 0.1) is 24.5 Å². The maximum absolute atomic E-state index is 13.0. The van der Waals surface area contributed by atoms with E-state index in [1.807, 2.05) is 6.92 Å². The Balaban J connectivity index is 1.36. The number of hydrogen-bond acceptors (Lipinski definition) is 5. The van der Waals surface area contributed by atoms with Crippen molar-refractivity contribution in [1.82, 2.24) is 14.5 Å². The Morgan fingerprint density at radius 2 is 1.87 bits per heavy atom. The van der Waals surface area contributed by atoms with Crippen LogP contribution in [0.3, 0.4) is 0 Å². The van der Waals surface area contributed by atoms with E-state index >= 15 is 0 Å². The van der Waals surface area contributed by atoms with Crippen LogP contribution < -0.4 is 10.0 Å². The average molecular weight is 445 g/mol. The lowest BCUT2D eigenvalue weighted by molar-refractivity contribution is 0.0333. The molecule has 8 nitrogen and oxygen atoms in total. The fourth-order valence-electron chi connectivity index (χ4n) is 5.26. The van der Waals surface area contributed by atoms with E-state index in [4.69, 9.17) is 4.74 Å². The van der Waals surface area contributed by atoms with Gasteiger partial charge < -0.3 is 10.1 Å². The quantitative estimate of drug-likeness (QED) is 0.738. The zero-order valence-corrected chi connectivity index (χ0v) is 18.6. The number of nitrogens with one attached hydrogen (secondary N) is 2. The van der Waals surface area contributed by atoms with Crippen LogP contribution in [-0.2, 0) is 53.4 Å². The van der Waals surface area contributed by atoms with Crippen LogP contribution in [-0.4, -0.2) is 36.9 Å². The highest BCUT2D eigenvalue weighted by atomic mass is 32.2. The van der Waals surface area contributed by atoms with E-state index in [1.165, 1.54) is 17.3 Å². The maximum Gasteiger partial charge on any atom is 0.333 e. The summed E-state index contributed by atoms with van der Waals surface area (Å²) >= 11 is 0. The van der Waals surface area contributed by atoms with Gasteiger partial charge in [-0.25, -0.2) is 17.9 Å². The summed E-state index contributed by atoms with van der Waals surface area (Å²) in [5, 5.41) is 7.12. The van der Waals surface area contributed by atoms with Crippen LogP contribution in [0.4, 0.5) is 10.5 Å². The number of carbonyl (C=O) groups excluding carboxylic acids is 1. The number of aromatic nitrogens is 2. The van der Waals surface area contributed by atoms with Crippen LogP contribution in [0.25, 0.3) is 0 Å². The van der Waals surface area contributed by atoms with Crippen LogP contribution in [0.15, 0.2) is 17.2 Å². The fourth-order valence-corrected chi connectivity index (χ4v) is 6.37. The van der Waals surface area contributed by atoms with Crippen molar-refractivity contribution in [1.29, 1.82) is 0 Å². The molecule has 0 unspecified atom stereocenters. The topological polar surface area (TPSA) is 102 Å². The predicted molar refractivity (Wildman–Crippen MR) is 116 cm³/mol. The minimum absolute atomic E-state index is 0.0338. The predicted octanol–water partition coefficient (Wildman–Crippen LogP) is 2.72. The van der Waals surface area contributed by atoms with Crippen molar-refractivity contribution in [3.63, 3.8) is 0 Å². The molecule has 1 aromatic heterocycles. The molecule has 0 bridgehead atoms. The number of urea groups is 1. The number of anilines is 1. The van der Waals surface area contributed by atoms with Gasteiger partial charge in [0.25, 0.3) is 10.0 Å². The van der Waals surface area contributed by atoms with E-state index in [9.17, 15) is 13.2 Å². The van der Waals surface area contributed by atoms with Crippen molar-refractivity contribution in [2.75, 3.05) is 11.9 Å². The molecule has 2 aliphatic carbocycles. The molecule has 0 fully saturated rings. The van der Waals surface area contributed by atoms with Gasteiger partial charge in [-0.05, 0) is 80.5 Å². The van der Waals surface area contributed by atoms with Gasteiger partial charge in [0, 0.05) is 12.3 Å². The third-order valence-electron chi connectivity index (χ3n) is 6.62. The molecule has 5 rings (SSSR count). The second-order valence-corrected chi connectivity index (χ2v) is 10.2. The van der Waals surface area contributed by atoms with Crippen molar-refractivity contribution >= 4 is 21.7 Å². The third kappa shape index (κ3) is 3.74. The molecule has 2 N–H and O–H groups in total. The largest absolute Gasteiger partial charge is 0.377 e. The minimum Gasteiger partial charge on any atom is -0.377 e. The summed E-state index contributed by atoms with van der Waals surface area (Å²) in [5.41, 5.74) is 6.35. The molecule has 0 saturated heterocycles. The number of hydrogen-bond donors (Lipinski definition) is 2. The number of amides is 2. The van der Waals surface area contributed by atoms with E-state index in [1.54, 1.807) is 4.68 Å². The Kier molecular flexibility index (Phi) is 5.26. The van der Waals surface area contributed by atoms with Gasteiger partial charge >= 0.3 is 6.03 Å². The molecule has 1 aliphatic heterocycles. The molecule has 3 aliphatic rings. The van der Waals surface area contributed by atoms with E-state index in [0.29, 0.717) is 25.3 Å². The summed E-state index contributed by atoms with van der Waals surface area (Å²) in [7, 11) is -4.02. The van der Waals surface area contributed by atoms with E-state index in [-0.39, 0.29) is 11.0 Å². The molecule has 9 heteroatoms. The number of benzene rings is 1. The Morgan fingerprint density at radius 3 is 2.55 bits per heavy atom. The van der Waals surface area contributed by atoms with Crippen molar-refractivity contribution in [3.05, 3.63) is 40.2 Å². The van der Waals surface area contributed by atoms with Gasteiger partial charge in [-0.15, -0.1) is 0 Å². The fraction of sp³-hybridized carbons (Fsp3) is 0.545. The SMILES string of the molecule is CCO[C@@H]1CCc2c(S(=O)(=O)NC(=O)Nc3c4c(cc5c3CCC5)CCC4)cnn2C1. The molecule has 0 radical (unpaired) electrons. The third-order valence-corrected chi connectivity index (χ3v) is 7.99. The summed E-state index contributed by atoms with van der Waals surface area (Å²) < 4.78 is 35.5. The van der Waals surface area contributed by atoms with E-state index < -0.39 is 16.1 Å². The molecule has 1 atom stereocenters. The number of sulfonamides is 1. The van der Waals surface area contributed by atoms with Gasteiger partial charge in [0.2, 0.25) is 0 Å². The van der Waals surface area contributed by atoms with Crippen molar-refractivity contribution in [3.8, 4) is 0 Å². The second kappa shape index (κ2) is 7.94. The number of nitrogens with zero attached hydrogens (tertiary/aromatic N) is 2. The number of rotatable bonds is 5. The standard InChI is InChI=1S/C22H28N4O4S/c1-2-30-16-9-10-19-20(12-23-26(19)13-16)31(28,29)25-22(27)24-21-17-7-3-5-14(17)11-15-6-4-8-18(15)21/h11-12,16H,2-10,13H2,1H3,(H2,24,25,27)/t16-/m1/s1. The first-order chi connectivity index (χ1) is 15.0. The average Bonchev–Trinajstić information content (AvgIpc) is 3.46. The first kappa shape index (κ1) is 20.5. The summed E-state index contributed by atoms with van der Waals surface area (Å²) in [6.07, 6.45) is 8.65. The highest BCUT2D eigenvalue weighted by molar-refractivity contribution is 7.90. The number of fused-ring (bicyclic) bond motifs is 3. The first-order valence-electron chi connectivity index (χ1n) is 11.1. The molecular weight excluding hydrogens is 416 g/mol. The van der Waals surface area contributed by atoms with Crippen LogP contribution in [0.5, 0.6) is 0 Å². The van der Waals surface area contributed by atoms with Crippen LogP contribution in [0, 0.1) is 0 Å². The second-order valence-electron chi connectivity index (χ2n) is 8.55. The van der Waals surface area contributed by atoms with Crippen LogP contribution in [0.2, 0.25) is 0 Å². The van der Waals surface area contributed by atoms with Crippen LogP contribution in [0.1, 0.15) is 54.1 Å². The first-order valence-corrected chi connectivity index (χ1v) is 12.6. The molecule has 31 heavy (non-hydrogen) atoms. The smallest absolute Gasteiger partial charge is 0.333 e. The lowest BCUT2D eigenvalue weighted by Gasteiger charge is -2.24. The highest BCUT2D eigenvalue weighted by Gasteiger charge is 2.30. The van der Waals surface area contributed by atoms with Crippen molar-refractivity contribution in [2.24, 2.45) is 0 Å². The van der Waals surface area contributed by atoms with Gasteiger partial charge in [-0.3, -0.25) is 4.68 Å². The summed E-state index contributed by atoms with van der Waals surface area (Å²) in [5.74, 6) is 0. The Morgan fingerprint density at radius 1 is 1.16 bits per heavy atom. The summed E-state index contributed by atoms with van der Waals surface area (Å²) in [6, 6.07) is 1.57. The van der Waals surface area contributed by atoms with Gasteiger partial charge in [0.1, 0.15) is 4.90 Å². The molecule has 2 amide bonds. The molecule has 1 aromatic carbocycles. The lowest BCUT2D eigenvalue weighted by Crippen LogP contribution is -2.36. The lowest BCUT2D eigenvalue weighted by atomic mass is 9.99. The Hall–Kier alpha value is -2.39. The zero-order chi connectivity index (χ0) is 21.6.